The molecular weight excluding hydrogens is 557 g/mol. The van der Waals surface area contributed by atoms with Crippen LogP contribution in [-0.4, -0.2) is 44.3 Å². The van der Waals surface area contributed by atoms with Crippen LogP contribution in [0.4, 0.5) is 5.69 Å². The van der Waals surface area contributed by atoms with Crippen molar-refractivity contribution in [1.82, 2.24) is 10.2 Å². The normalized spacial score (nSPS) is 12.2. The molecule has 7 nitrogen and oxygen atoms in total. The minimum absolute atomic E-state index is 0.0110. The summed E-state index contributed by atoms with van der Waals surface area (Å²) in [6, 6.07) is 18.9. The molecule has 1 atom stereocenters. The highest BCUT2D eigenvalue weighted by molar-refractivity contribution is 7.92. The summed E-state index contributed by atoms with van der Waals surface area (Å²) in [5, 5.41) is 3.27. The number of anilines is 1. The summed E-state index contributed by atoms with van der Waals surface area (Å²) in [6.45, 7) is 7.55. The average molecular weight is 591 g/mol. The molecule has 0 spiro atoms. The third-order valence-corrected chi connectivity index (χ3v) is 8.62. The van der Waals surface area contributed by atoms with Crippen molar-refractivity contribution in [2.24, 2.45) is 5.92 Å². The third kappa shape index (κ3) is 7.97. The quantitative estimate of drug-likeness (QED) is 0.311. The average Bonchev–Trinajstić information content (AvgIpc) is 2.90. The van der Waals surface area contributed by atoms with Crippen molar-refractivity contribution in [3.8, 4) is 0 Å². The third-order valence-electron chi connectivity index (χ3n) is 6.09. The molecular formula is C29H33Cl2N3O4S. The fraction of sp³-hybridized carbons (Fsp3) is 0.310. The number of nitrogens with one attached hydrogen (secondary N) is 1. The van der Waals surface area contributed by atoms with Gasteiger partial charge in [0.15, 0.2) is 0 Å². The summed E-state index contributed by atoms with van der Waals surface area (Å²) in [5.41, 5.74) is 1.99. The molecule has 0 saturated heterocycles. The maximum atomic E-state index is 13.9. The molecule has 3 aromatic carbocycles. The minimum Gasteiger partial charge on any atom is -0.354 e. The lowest BCUT2D eigenvalue weighted by atomic mass is 10.1. The second kappa shape index (κ2) is 13.3. The number of amides is 2. The van der Waals surface area contributed by atoms with Crippen molar-refractivity contribution in [2.75, 3.05) is 17.4 Å². The first kappa shape index (κ1) is 30.5. The molecule has 1 N–H and O–H groups in total. The van der Waals surface area contributed by atoms with Crippen LogP contribution in [0.2, 0.25) is 10.0 Å². The predicted molar refractivity (Wildman–Crippen MR) is 156 cm³/mol. The maximum absolute atomic E-state index is 13.9. The van der Waals surface area contributed by atoms with Crippen LogP contribution in [0.5, 0.6) is 0 Å². The van der Waals surface area contributed by atoms with Gasteiger partial charge in [-0.2, -0.15) is 0 Å². The Kier molecular flexibility index (Phi) is 10.4. The molecule has 10 heteroatoms. The van der Waals surface area contributed by atoms with Crippen LogP contribution in [-0.2, 0) is 26.2 Å². The van der Waals surface area contributed by atoms with Crippen LogP contribution in [0.1, 0.15) is 31.9 Å². The summed E-state index contributed by atoms with van der Waals surface area (Å²) in [7, 11) is -4.18. The highest BCUT2D eigenvalue weighted by atomic mass is 35.5. The van der Waals surface area contributed by atoms with Crippen molar-refractivity contribution < 1.29 is 18.0 Å². The van der Waals surface area contributed by atoms with Crippen LogP contribution in [0.15, 0.2) is 77.7 Å². The zero-order valence-electron chi connectivity index (χ0n) is 22.4. The van der Waals surface area contributed by atoms with Gasteiger partial charge < -0.3 is 10.2 Å². The maximum Gasteiger partial charge on any atom is 0.264 e. The van der Waals surface area contributed by atoms with Crippen LogP contribution in [0.3, 0.4) is 0 Å². The summed E-state index contributed by atoms with van der Waals surface area (Å²) in [4.78, 5) is 28.4. The molecule has 0 aromatic heterocycles. The lowest BCUT2D eigenvalue weighted by molar-refractivity contribution is -0.139. The Balaban J connectivity index is 2.03. The number of halogens is 2. The van der Waals surface area contributed by atoms with E-state index in [1.165, 1.54) is 35.2 Å². The van der Waals surface area contributed by atoms with E-state index in [-0.39, 0.29) is 39.0 Å². The summed E-state index contributed by atoms with van der Waals surface area (Å²) in [5.74, 6) is -0.644. The minimum atomic E-state index is -4.18. The Bertz CT molecular complexity index is 1420. The number of rotatable bonds is 11. The highest BCUT2D eigenvalue weighted by Gasteiger charge is 2.32. The Morgan fingerprint density at radius 1 is 0.897 bits per heavy atom. The first-order chi connectivity index (χ1) is 18.4. The van der Waals surface area contributed by atoms with Gasteiger partial charge in [-0.25, -0.2) is 8.42 Å². The smallest absolute Gasteiger partial charge is 0.264 e. The van der Waals surface area contributed by atoms with E-state index in [4.69, 9.17) is 23.2 Å². The fourth-order valence-corrected chi connectivity index (χ4v) is 5.65. The molecule has 2 amide bonds. The standard InChI is InChI=1S/C29H33Cl2N3O4S/c1-20(2)17-32-29(36)22(4)33(18-23-10-8-9-21(3)15-23)28(35)19-34(24-13-14-26(30)27(31)16-24)39(37,38)25-11-6-5-7-12-25/h5-16,20,22H,17-19H2,1-4H3,(H,32,36)/t22-/m1/s1. The van der Waals surface area contributed by atoms with Gasteiger partial charge >= 0.3 is 0 Å². The molecule has 208 valence electrons. The Morgan fingerprint density at radius 2 is 1.59 bits per heavy atom. The lowest BCUT2D eigenvalue weighted by Crippen LogP contribution is -2.51. The number of hydrogen-bond acceptors (Lipinski definition) is 4. The van der Waals surface area contributed by atoms with Crippen molar-refractivity contribution in [3.63, 3.8) is 0 Å². The van der Waals surface area contributed by atoms with Gasteiger partial charge in [-0.15, -0.1) is 0 Å². The number of carbonyl (C=O) groups excluding carboxylic acids is 2. The first-order valence-corrected chi connectivity index (χ1v) is 14.7. The molecule has 0 saturated carbocycles. The molecule has 0 heterocycles. The molecule has 0 radical (unpaired) electrons. The van der Waals surface area contributed by atoms with Crippen LogP contribution in [0.25, 0.3) is 0 Å². The topological polar surface area (TPSA) is 86.8 Å². The SMILES string of the molecule is Cc1cccc(CN(C(=O)CN(c2ccc(Cl)c(Cl)c2)S(=O)(=O)c2ccccc2)[C@H](C)C(=O)NCC(C)C)c1. The van der Waals surface area contributed by atoms with Gasteiger partial charge in [0.25, 0.3) is 10.0 Å². The van der Waals surface area contributed by atoms with Gasteiger partial charge in [-0.05, 0) is 55.7 Å². The van der Waals surface area contributed by atoms with Gasteiger partial charge in [0.2, 0.25) is 11.8 Å². The number of hydrogen-bond donors (Lipinski definition) is 1. The number of nitrogens with zero attached hydrogens (tertiary/aromatic N) is 2. The van der Waals surface area contributed by atoms with Gasteiger partial charge in [0.05, 0.1) is 20.6 Å². The monoisotopic (exact) mass is 589 g/mol. The van der Waals surface area contributed by atoms with E-state index >= 15 is 0 Å². The molecule has 0 bridgehead atoms. The summed E-state index contributed by atoms with van der Waals surface area (Å²) in [6.07, 6.45) is 0. The number of sulfonamides is 1. The van der Waals surface area contributed by atoms with E-state index in [0.29, 0.717) is 6.54 Å². The molecule has 39 heavy (non-hydrogen) atoms. The molecule has 0 aliphatic heterocycles. The second-order valence-corrected chi connectivity index (χ2v) is 12.4. The van der Waals surface area contributed by atoms with Crippen molar-refractivity contribution in [2.45, 2.75) is 45.2 Å². The van der Waals surface area contributed by atoms with Gasteiger partial charge in [0.1, 0.15) is 12.6 Å². The van der Waals surface area contributed by atoms with E-state index in [9.17, 15) is 18.0 Å². The number of carbonyl (C=O) groups is 2. The molecule has 0 unspecified atom stereocenters. The van der Waals surface area contributed by atoms with Crippen molar-refractivity contribution in [1.29, 1.82) is 0 Å². The molecule has 0 aliphatic rings. The van der Waals surface area contributed by atoms with Crippen LogP contribution < -0.4 is 9.62 Å². The van der Waals surface area contributed by atoms with Crippen LogP contribution >= 0.6 is 23.2 Å². The highest BCUT2D eigenvalue weighted by Crippen LogP contribution is 2.31. The van der Waals surface area contributed by atoms with E-state index in [0.717, 1.165) is 15.4 Å². The van der Waals surface area contributed by atoms with E-state index < -0.39 is 28.5 Å². The Hall–Kier alpha value is -3.07. The van der Waals surface area contributed by atoms with Crippen molar-refractivity contribution >= 4 is 50.7 Å². The van der Waals surface area contributed by atoms with Gasteiger partial charge in [0, 0.05) is 13.1 Å². The fourth-order valence-electron chi connectivity index (χ4n) is 3.93. The van der Waals surface area contributed by atoms with E-state index in [1.807, 2.05) is 45.0 Å². The van der Waals surface area contributed by atoms with E-state index in [2.05, 4.69) is 5.32 Å². The van der Waals surface area contributed by atoms with E-state index in [1.54, 1.807) is 25.1 Å². The Morgan fingerprint density at radius 3 is 2.21 bits per heavy atom. The Labute approximate surface area is 240 Å². The van der Waals surface area contributed by atoms with Gasteiger partial charge in [-0.1, -0.05) is 85.1 Å². The van der Waals surface area contributed by atoms with Gasteiger partial charge in [-0.3, -0.25) is 13.9 Å². The largest absolute Gasteiger partial charge is 0.354 e. The molecule has 3 aromatic rings. The summed E-state index contributed by atoms with van der Waals surface area (Å²) >= 11 is 12.3. The number of aryl methyl sites for hydroxylation is 1. The second-order valence-electron chi connectivity index (χ2n) is 9.75. The molecule has 3 rings (SSSR count). The predicted octanol–water partition coefficient (Wildman–Crippen LogP) is 5.69. The van der Waals surface area contributed by atoms with Crippen molar-refractivity contribution in [3.05, 3.63) is 94.0 Å². The lowest BCUT2D eigenvalue weighted by Gasteiger charge is -2.32. The van der Waals surface area contributed by atoms with Crippen LogP contribution in [0, 0.1) is 12.8 Å². The number of benzene rings is 3. The summed E-state index contributed by atoms with van der Waals surface area (Å²) < 4.78 is 28.5. The zero-order chi connectivity index (χ0) is 28.7. The first-order valence-electron chi connectivity index (χ1n) is 12.6. The zero-order valence-corrected chi connectivity index (χ0v) is 24.7. The molecule has 0 fully saturated rings. The molecule has 0 aliphatic carbocycles.